The maximum atomic E-state index is 12.5. The van der Waals surface area contributed by atoms with Crippen molar-refractivity contribution in [3.05, 3.63) is 47.1 Å². The van der Waals surface area contributed by atoms with Crippen molar-refractivity contribution in [1.29, 1.82) is 0 Å². The molecule has 30 heavy (non-hydrogen) atoms. The third-order valence-corrected chi connectivity index (χ3v) is 5.14. The number of aliphatic hydroxyl groups excluding tert-OH is 2. The molecule has 0 aromatic heterocycles. The highest BCUT2D eigenvalue weighted by atomic mass is 16.6. The van der Waals surface area contributed by atoms with Crippen molar-refractivity contribution in [2.24, 2.45) is 5.92 Å². The zero-order valence-electron chi connectivity index (χ0n) is 17.4. The van der Waals surface area contributed by atoms with Gasteiger partial charge in [-0.2, -0.15) is 0 Å². The summed E-state index contributed by atoms with van der Waals surface area (Å²) in [6.45, 7) is 7.76. The van der Waals surface area contributed by atoms with Crippen LogP contribution in [0.2, 0.25) is 0 Å². The fourth-order valence-corrected chi connectivity index (χ4v) is 3.56. The van der Waals surface area contributed by atoms with Crippen LogP contribution in [0.1, 0.15) is 33.6 Å². The van der Waals surface area contributed by atoms with Gasteiger partial charge in [0.05, 0.1) is 24.7 Å². The number of carbonyl (C=O) groups is 3. The topological polar surface area (TPSA) is 119 Å². The second-order valence-electron chi connectivity index (χ2n) is 7.43. The first-order valence-electron chi connectivity index (χ1n) is 9.70. The average Bonchev–Trinajstić information content (AvgIpc) is 2.94. The van der Waals surface area contributed by atoms with Crippen LogP contribution >= 0.6 is 0 Å². The highest BCUT2D eigenvalue weighted by molar-refractivity contribution is 5.92. The van der Waals surface area contributed by atoms with Crippen molar-refractivity contribution < 1.29 is 38.8 Å². The second-order valence-corrected chi connectivity index (χ2v) is 7.43. The highest BCUT2D eigenvalue weighted by Crippen LogP contribution is 2.36. The molecule has 1 heterocycles. The first kappa shape index (κ1) is 23.6. The van der Waals surface area contributed by atoms with Crippen molar-refractivity contribution in [2.75, 3.05) is 13.2 Å². The molecule has 1 unspecified atom stereocenters. The van der Waals surface area contributed by atoms with E-state index >= 15 is 0 Å². The lowest BCUT2D eigenvalue weighted by molar-refractivity contribution is -0.148. The number of aliphatic hydroxyl groups is 2. The van der Waals surface area contributed by atoms with Gasteiger partial charge in [0.2, 0.25) is 0 Å². The largest absolute Gasteiger partial charge is 0.458 e. The third kappa shape index (κ3) is 5.67. The summed E-state index contributed by atoms with van der Waals surface area (Å²) in [7, 11) is 0. The Morgan fingerprint density at radius 3 is 2.60 bits per heavy atom. The first-order chi connectivity index (χ1) is 14.2. The van der Waals surface area contributed by atoms with Gasteiger partial charge in [0, 0.05) is 25.3 Å². The summed E-state index contributed by atoms with van der Waals surface area (Å²) in [6.07, 6.45) is 3.45. The van der Waals surface area contributed by atoms with Gasteiger partial charge in [-0.05, 0) is 31.6 Å². The Labute approximate surface area is 175 Å². The molecule has 0 saturated carbocycles. The number of carbonyl (C=O) groups excluding carboxylic acids is 3. The minimum Gasteiger partial charge on any atom is -0.458 e. The van der Waals surface area contributed by atoms with E-state index < -0.39 is 55.4 Å². The number of hydrogen-bond donors (Lipinski definition) is 2. The van der Waals surface area contributed by atoms with Crippen LogP contribution in [-0.4, -0.2) is 59.6 Å². The van der Waals surface area contributed by atoms with Crippen LogP contribution in [0.3, 0.4) is 0 Å². The van der Waals surface area contributed by atoms with Crippen molar-refractivity contribution >= 4 is 17.9 Å². The van der Waals surface area contributed by atoms with E-state index in [-0.39, 0.29) is 11.1 Å². The van der Waals surface area contributed by atoms with Crippen LogP contribution in [0.15, 0.2) is 47.1 Å². The molecule has 0 amide bonds. The fraction of sp³-hybridized carbons (Fsp3) is 0.500. The monoisotopic (exact) mass is 420 g/mol. The molecular weight excluding hydrogens is 392 g/mol. The lowest BCUT2D eigenvalue weighted by Gasteiger charge is -2.28. The maximum absolute atomic E-state index is 12.5. The van der Waals surface area contributed by atoms with Gasteiger partial charge in [0.15, 0.2) is 0 Å². The van der Waals surface area contributed by atoms with Gasteiger partial charge in [-0.25, -0.2) is 9.59 Å². The molecule has 8 heteroatoms. The van der Waals surface area contributed by atoms with E-state index in [1.165, 1.54) is 13.0 Å². The van der Waals surface area contributed by atoms with Gasteiger partial charge in [-0.1, -0.05) is 18.2 Å². The molecule has 2 rings (SSSR count). The molecule has 4 atom stereocenters. The summed E-state index contributed by atoms with van der Waals surface area (Å²) >= 11 is 0. The molecule has 2 aliphatic rings. The molecule has 0 aromatic rings. The molecule has 1 aliphatic heterocycles. The van der Waals surface area contributed by atoms with Gasteiger partial charge in [0.25, 0.3) is 0 Å². The van der Waals surface area contributed by atoms with Crippen LogP contribution in [0, 0.1) is 5.92 Å². The van der Waals surface area contributed by atoms with Crippen molar-refractivity contribution in [3.63, 3.8) is 0 Å². The minimum absolute atomic E-state index is 0.0784. The first-order valence-corrected chi connectivity index (χ1v) is 9.70. The predicted molar refractivity (Wildman–Crippen MR) is 107 cm³/mol. The smallest absolute Gasteiger partial charge is 0.336 e. The van der Waals surface area contributed by atoms with E-state index in [1.54, 1.807) is 13.0 Å². The van der Waals surface area contributed by atoms with Crippen LogP contribution in [-0.2, 0) is 28.6 Å². The molecule has 0 aromatic carbocycles. The van der Waals surface area contributed by atoms with E-state index in [1.807, 2.05) is 13.0 Å². The second kappa shape index (κ2) is 10.4. The summed E-state index contributed by atoms with van der Waals surface area (Å²) in [5, 5.41) is 18.4. The quantitative estimate of drug-likeness (QED) is 0.297. The van der Waals surface area contributed by atoms with E-state index in [0.29, 0.717) is 18.4 Å². The Balaban J connectivity index is 2.42. The summed E-state index contributed by atoms with van der Waals surface area (Å²) in [5.74, 6) is -2.44. The Morgan fingerprint density at radius 2 is 2.00 bits per heavy atom. The Bertz CT molecular complexity index is 804. The molecule has 164 valence electrons. The SMILES string of the molecule is C=C1C(=O)O[C@@H]2/C=C(/C)[C@@H](OC(C)=O)C/C=C(\C)C[C@@H](OC(=O)/C(=C/CO)CO)C12. The van der Waals surface area contributed by atoms with E-state index in [9.17, 15) is 19.5 Å². The summed E-state index contributed by atoms with van der Waals surface area (Å²) < 4.78 is 16.5. The molecule has 0 radical (unpaired) electrons. The van der Waals surface area contributed by atoms with Crippen molar-refractivity contribution in [1.82, 2.24) is 0 Å². The molecule has 8 nitrogen and oxygen atoms in total. The van der Waals surface area contributed by atoms with Gasteiger partial charge >= 0.3 is 17.9 Å². The zero-order chi connectivity index (χ0) is 22.4. The normalized spacial score (nSPS) is 30.9. The van der Waals surface area contributed by atoms with Gasteiger partial charge in [0.1, 0.15) is 18.3 Å². The van der Waals surface area contributed by atoms with E-state index in [2.05, 4.69) is 6.58 Å². The van der Waals surface area contributed by atoms with E-state index in [4.69, 9.17) is 19.3 Å². The maximum Gasteiger partial charge on any atom is 0.336 e. The number of fused-ring (bicyclic) bond motifs is 1. The summed E-state index contributed by atoms with van der Waals surface area (Å²) in [6, 6.07) is 0. The minimum atomic E-state index is -0.786. The standard InChI is InChI=1S/C22H28O8/c1-12-5-6-17(28-15(4)25)13(2)10-19-20(14(3)21(26)29-19)18(9-12)30-22(27)16(11-24)7-8-23/h5,7,10,17-20,23-24H,3,6,8-9,11H2,1-2,4H3/b12-5+,13-10-,16-7+/t17-,18+,19+,20?/m0/s1. The van der Waals surface area contributed by atoms with Crippen molar-refractivity contribution in [2.45, 2.75) is 51.9 Å². The molecular formula is C22H28O8. The van der Waals surface area contributed by atoms with Crippen molar-refractivity contribution in [3.8, 4) is 0 Å². The predicted octanol–water partition coefficient (Wildman–Crippen LogP) is 1.53. The zero-order valence-corrected chi connectivity index (χ0v) is 17.4. The Kier molecular flexibility index (Phi) is 8.14. The highest BCUT2D eigenvalue weighted by Gasteiger charge is 2.45. The Morgan fingerprint density at radius 1 is 1.30 bits per heavy atom. The molecule has 1 saturated heterocycles. The molecule has 1 aliphatic carbocycles. The average molecular weight is 420 g/mol. The molecule has 1 fully saturated rings. The fourth-order valence-electron chi connectivity index (χ4n) is 3.56. The number of ether oxygens (including phenoxy) is 3. The van der Waals surface area contributed by atoms with Crippen LogP contribution in [0.4, 0.5) is 0 Å². The van der Waals surface area contributed by atoms with Crippen LogP contribution in [0.25, 0.3) is 0 Å². The summed E-state index contributed by atoms with van der Waals surface area (Å²) in [5.41, 5.74) is 1.67. The summed E-state index contributed by atoms with van der Waals surface area (Å²) in [4.78, 5) is 36.2. The van der Waals surface area contributed by atoms with Crippen LogP contribution in [0.5, 0.6) is 0 Å². The van der Waals surface area contributed by atoms with Crippen LogP contribution < -0.4 is 0 Å². The van der Waals surface area contributed by atoms with Gasteiger partial charge in [-0.15, -0.1) is 0 Å². The number of hydrogen-bond acceptors (Lipinski definition) is 8. The van der Waals surface area contributed by atoms with Gasteiger partial charge in [-0.3, -0.25) is 4.79 Å². The number of rotatable bonds is 5. The molecule has 0 bridgehead atoms. The number of esters is 3. The lowest BCUT2D eigenvalue weighted by atomic mass is 9.85. The third-order valence-electron chi connectivity index (χ3n) is 5.14. The molecule has 0 spiro atoms. The van der Waals surface area contributed by atoms with E-state index in [0.717, 1.165) is 5.57 Å². The Hall–Kier alpha value is -2.71. The van der Waals surface area contributed by atoms with Gasteiger partial charge < -0.3 is 24.4 Å². The lowest BCUT2D eigenvalue weighted by Crippen LogP contribution is -2.34. The molecule has 2 N–H and O–H groups in total.